The molecule has 4 aromatic carbocycles. The van der Waals surface area contributed by atoms with E-state index in [1.54, 1.807) is 66.7 Å². The van der Waals surface area contributed by atoms with Gasteiger partial charge in [0.25, 0.3) is 0 Å². The van der Waals surface area contributed by atoms with Gasteiger partial charge in [-0.05, 0) is 72.6 Å². The molecule has 0 saturated heterocycles. The molecule has 0 spiro atoms. The highest BCUT2D eigenvalue weighted by molar-refractivity contribution is 9.10. The Labute approximate surface area is 244 Å². The first-order valence-electron chi connectivity index (χ1n) is 12.7. The lowest BCUT2D eigenvalue weighted by molar-refractivity contribution is 0.0734. The standard InChI is InChI=1S/C32H24BrFN2O5/c1-2-38-29-15-21(7-14-27(29)39-18-19-3-10-23(34)11-4-19)30-25-13-12-24(16-28(25)41-31(36)26(30)17-35)40-32(37)20-5-8-22(33)9-6-20/h3-16,30H,2,18,36H2,1H3. The third-order valence-electron chi connectivity index (χ3n) is 6.39. The lowest BCUT2D eigenvalue weighted by Gasteiger charge is -2.27. The molecule has 2 N–H and O–H groups in total. The van der Waals surface area contributed by atoms with Crippen LogP contribution in [-0.4, -0.2) is 12.6 Å². The van der Waals surface area contributed by atoms with Crippen LogP contribution in [0, 0.1) is 17.1 Å². The number of benzene rings is 4. The molecule has 4 aromatic rings. The number of hydrogen-bond acceptors (Lipinski definition) is 7. The zero-order valence-corrected chi connectivity index (χ0v) is 23.5. The third kappa shape index (κ3) is 6.18. The van der Waals surface area contributed by atoms with Crippen LogP contribution in [0.1, 0.15) is 39.9 Å². The van der Waals surface area contributed by atoms with Crippen LogP contribution < -0.4 is 24.7 Å². The molecule has 1 heterocycles. The quantitative estimate of drug-likeness (QED) is 0.168. The number of carbonyl (C=O) groups excluding carboxylic acids is 1. The van der Waals surface area contributed by atoms with Crippen LogP contribution >= 0.6 is 15.9 Å². The Morgan fingerprint density at radius 3 is 2.46 bits per heavy atom. The second kappa shape index (κ2) is 12.1. The summed E-state index contributed by atoms with van der Waals surface area (Å²) in [4.78, 5) is 12.6. The molecule has 0 bridgehead atoms. The van der Waals surface area contributed by atoms with Gasteiger partial charge in [-0.3, -0.25) is 0 Å². The number of carbonyl (C=O) groups is 1. The number of hydrogen-bond donors (Lipinski definition) is 1. The van der Waals surface area contributed by atoms with Crippen molar-refractivity contribution in [2.24, 2.45) is 5.73 Å². The smallest absolute Gasteiger partial charge is 0.343 e. The fourth-order valence-corrected chi connectivity index (χ4v) is 4.69. The number of halogens is 2. The van der Waals surface area contributed by atoms with Gasteiger partial charge in [0.1, 0.15) is 35.6 Å². The predicted octanol–water partition coefficient (Wildman–Crippen LogP) is 7.00. The van der Waals surface area contributed by atoms with Crippen LogP contribution in [0.4, 0.5) is 4.39 Å². The molecule has 1 unspecified atom stereocenters. The minimum absolute atomic E-state index is 0.0454. The van der Waals surface area contributed by atoms with Gasteiger partial charge in [-0.2, -0.15) is 5.26 Å². The van der Waals surface area contributed by atoms with Gasteiger partial charge in [0, 0.05) is 16.1 Å². The van der Waals surface area contributed by atoms with Gasteiger partial charge in [-0.1, -0.05) is 40.2 Å². The highest BCUT2D eigenvalue weighted by atomic mass is 79.9. The van der Waals surface area contributed by atoms with Crippen molar-refractivity contribution in [1.82, 2.24) is 0 Å². The van der Waals surface area contributed by atoms with Gasteiger partial charge >= 0.3 is 5.97 Å². The number of nitriles is 1. The second-order valence-electron chi connectivity index (χ2n) is 9.08. The molecule has 1 aliphatic heterocycles. The summed E-state index contributed by atoms with van der Waals surface area (Å²) in [6.45, 7) is 2.46. The SMILES string of the molecule is CCOc1cc(C2C(C#N)=C(N)Oc3cc(OC(=O)c4ccc(Br)cc4)ccc32)ccc1OCc1ccc(F)cc1. The van der Waals surface area contributed by atoms with Crippen LogP contribution in [0.3, 0.4) is 0 Å². The van der Waals surface area contributed by atoms with Gasteiger partial charge in [0.2, 0.25) is 5.88 Å². The summed E-state index contributed by atoms with van der Waals surface area (Å²) in [6, 6.07) is 25.4. The van der Waals surface area contributed by atoms with Gasteiger partial charge in [-0.25, -0.2) is 9.18 Å². The average Bonchev–Trinajstić information content (AvgIpc) is 2.97. The Hall–Kier alpha value is -4.81. The van der Waals surface area contributed by atoms with Gasteiger partial charge in [0.05, 0.1) is 18.1 Å². The van der Waals surface area contributed by atoms with Crippen LogP contribution in [0.25, 0.3) is 0 Å². The van der Waals surface area contributed by atoms with E-state index in [1.807, 2.05) is 13.0 Å². The Bertz CT molecular complexity index is 1660. The van der Waals surface area contributed by atoms with E-state index in [2.05, 4.69) is 22.0 Å². The molecule has 0 aromatic heterocycles. The first kappa shape index (κ1) is 27.7. The summed E-state index contributed by atoms with van der Waals surface area (Å²) in [6.07, 6.45) is 0. The Morgan fingerprint density at radius 2 is 1.76 bits per heavy atom. The molecular weight excluding hydrogens is 591 g/mol. The van der Waals surface area contributed by atoms with E-state index >= 15 is 0 Å². The number of fused-ring (bicyclic) bond motifs is 1. The van der Waals surface area contributed by atoms with E-state index in [1.165, 1.54) is 12.1 Å². The number of rotatable bonds is 8. The minimum atomic E-state index is -0.565. The number of esters is 1. The van der Waals surface area contributed by atoms with E-state index in [-0.39, 0.29) is 29.6 Å². The Morgan fingerprint density at radius 1 is 1.00 bits per heavy atom. The van der Waals surface area contributed by atoms with Crippen molar-refractivity contribution < 1.29 is 28.1 Å². The lowest BCUT2D eigenvalue weighted by atomic mass is 9.83. The molecule has 0 fully saturated rings. The van der Waals surface area contributed by atoms with E-state index < -0.39 is 11.9 Å². The number of nitrogens with two attached hydrogens (primary N) is 1. The van der Waals surface area contributed by atoms with Crippen molar-refractivity contribution in [2.45, 2.75) is 19.4 Å². The maximum Gasteiger partial charge on any atom is 0.343 e. The summed E-state index contributed by atoms with van der Waals surface area (Å²) in [5, 5.41) is 9.97. The first-order valence-corrected chi connectivity index (χ1v) is 13.5. The Kier molecular flexibility index (Phi) is 8.22. The van der Waals surface area contributed by atoms with Crippen LogP contribution in [0.5, 0.6) is 23.0 Å². The van der Waals surface area contributed by atoms with Crippen LogP contribution in [0.2, 0.25) is 0 Å². The first-order chi connectivity index (χ1) is 19.9. The maximum atomic E-state index is 13.3. The molecular formula is C32H24BrFN2O5. The normalized spacial score (nSPS) is 14.0. The fraction of sp³-hybridized carbons (Fsp3) is 0.125. The molecule has 41 heavy (non-hydrogen) atoms. The summed E-state index contributed by atoms with van der Waals surface area (Å²) >= 11 is 3.35. The van der Waals surface area contributed by atoms with E-state index in [9.17, 15) is 14.4 Å². The summed E-state index contributed by atoms with van der Waals surface area (Å²) < 4.78 is 37.3. The van der Waals surface area contributed by atoms with Crippen LogP contribution in [0.15, 0.2) is 101 Å². The molecule has 0 aliphatic carbocycles. The van der Waals surface area contributed by atoms with Crippen molar-refractivity contribution in [3.05, 3.63) is 129 Å². The molecule has 206 valence electrons. The zero-order chi connectivity index (χ0) is 28.9. The van der Waals surface area contributed by atoms with E-state index in [0.717, 1.165) is 15.6 Å². The van der Waals surface area contributed by atoms with Gasteiger partial charge in [-0.15, -0.1) is 0 Å². The topological polar surface area (TPSA) is 104 Å². The number of nitrogens with zero attached hydrogens (tertiary/aromatic N) is 1. The second-order valence-corrected chi connectivity index (χ2v) is 9.99. The Balaban J connectivity index is 1.44. The monoisotopic (exact) mass is 614 g/mol. The maximum absolute atomic E-state index is 13.3. The molecule has 1 atom stereocenters. The van der Waals surface area contributed by atoms with Crippen molar-refractivity contribution >= 4 is 21.9 Å². The molecule has 0 amide bonds. The predicted molar refractivity (Wildman–Crippen MR) is 153 cm³/mol. The zero-order valence-electron chi connectivity index (χ0n) is 21.9. The van der Waals surface area contributed by atoms with Crippen molar-refractivity contribution in [2.75, 3.05) is 6.61 Å². The highest BCUT2D eigenvalue weighted by Gasteiger charge is 2.32. The van der Waals surface area contributed by atoms with E-state index in [4.69, 9.17) is 24.7 Å². The molecule has 0 saturated carbocycles. The summed E-state index contributed by atoms with van der Waals surface area (Å²) in [5.41, 5.74) is 9.00. The fourth-order valence-electron chi connectivity index (χ4n) is 4.43. The van der Waals surface area contributed by atoms with Gasteiger partial charge in [0.15, 0.2) is 11.5 Å². The molecule has 5 rings (SSSR count). The van der Waals surface area contributed by atoms with Crippen LogP contribution in [-0.2, 0) is 6.61 Å². The van der Waals surface area contributed by atoms with Gasteiger partial charge < -0.3 is 24.7 Å². The highest BCUT2D eigenvalue weighted by Crippen LogP contribution is 2.45. The number of ether oxygens (including phenoxy) is 4. The summed E-state index contributed by atoms with van der Waals surface area (Å²) in [7, 11) is 0. The summed E-state index contributed by atoms with van der Waals surface area (Å²) in [5.74, 6) is 0.157. The van der Waals surface area contributed by atoms with Crippen molar-refractivity contribution in [3.8, 4) is 29.1 Å². The van der Waals surface area contributed by atoms with Crippen molar-refractivity contribution in [3.63, 3.8) is 0 Å². The minimum Gasteiger partial charge on any atom is -0.490 e. The molecule has 7 nitrogen and oxygen atoms in total. The van der Waals surface area contributed by atoms with E-state index in [0.29, 0.717) is 35.0 Å². The largest absolute Gasteiger partial charge is 0.490 e. The number of allylic oxidation sites excluding steroid dienone is 1. The lowest BCUT2D eigenvalue weighted by Crippen LogP contribution is -2.21. The average molecular weight is 615 g/mol. The molecule has 1 aliphatic rings. The van der Waals surface area contributed by atoms with Crippen molar-refractivity contribution in [1.29, 1.82) is 5.26 Å². The third-order valence-corrected chi connectivity index (χ3v) is 6.92. The molecule has 9 heteroatoms. The molecule has 0 radical (unpaired) electrons.